The summed E-state index contributed by atoms with van der Waals surface area (Å²) in [5, 5.41) is 3.44. The Balaban J connectivity index is 2.29. The Kier molecular flexibility index (Phi) is 4.70. The van der Waals surface area contributed by atoms with Crippen LogP contribution >= 0.6 is 0 Å². The van der Waals surface area contributed by atoms with Gasteiger partial charge >= 0.3 is 6.18 Å². The Morgan fingerprint density at radius 2 is 2.05 bits per heavy atom. The van der Waals surface area contributed by atoms with Crippen molar-refractivity contribution in [1.82, 2.24) is 5.32 Å². The van der Waals surface area contributed by atoms with E-state index in [1.807, 2.05) is 0 Å². The smallest absolute Gasteiger partial charge is 0.326 e. The van der Waals surface area contributed by atoms with Crippen LogP contribution in [0, 0.1) is 5.92 Å². The fraction of sp³-hybridized carbons (Fsp3) is 0.600. The van der Waals surface area contributed by atoms with E-state index in [4.69, 9.17) is 5.73 Å². The highest BCUT2D eigenvalue weighted by atomic mass is 19.4. The van der Waals surface area contributed by atoms with E-state index in [1.165, 1.54) is 6.07 Å². The first-order chi connectivity index (χ1) is 9.47. The van der Waals surface area contributed by atoms with E-state index in [0.29, 0.717) is 11.5 Å². The maximum Gasteiger partial charge on any atom is 0.416 e. The van der Waals surface area contributed by atoms with Crippen molar-refractivity contribution in [3.63, 3.8) is 0 Å². The fourth-order valence-corrected chi connectivity index (χ4v) is 2.52. The molecule has 0 radical (unpaired) electrons. The summed E-state index contributed by atoms with van der Waals surface area (Å²) in [6.07, 6.45) is -1.05. The monoisotopic (exact) mass is 286 g/mol. The first-order valence-electron chi connectivity index (χ1n) is 7.10. The minimum absolute atomic E-state index is 0.135. The van der Waals surface area contributed by atoms with Gasteiger partial charge in [0, 0.05) is 12.6 Å². The second kappa shape index (κ2) is 6.14. The molecule has 1 atom stereocenters. The first-order valence-corrected chi connectivity index (χ1v) is 7.10. The van der Waals surface area contributed by atoms with Crippen LogP contribution < -0.4 is 11.1 Å². The molecular formula is C15H21F3N2. The average Bonchev–Trinajstić information content (AvgIpc) is 3.22. The Morgan fingerprint density at radius 1 is 1.35 bits per heavy atom. The zero-order valence-electron chi connectivity index (χ0n) is 11.6. The molecule has 0 bridgehead atoms. The summed E-state index contributed by atoms with van der Waals surface area (Å²) >= 11 is 0. The van der Waals surface area contributed by atoms with Crippen LogP contribution in [0.5, 0.6) is 0 Å². The van der Waals surface area contributed by atoms with Gasteiger partial charge in [0.2, 0.25) is 0 Å². The highest BCUT2D eigenvalue weighted by Crippen LogP contribution is 2.42. The summed E-state index contributed by atoms with van der Waals surface area (Å²) in [6, 6.07) is 4.09. The topological polar surface area (TPSA) is 38.0 Å². The van der Waals surface area contributed by atoms with Crippen molar-refractivity contribution in [2.24, 2.45) is 11.7 Å². The van der Waals surface area contributed by atoms with Crippen molar-refractivity contribution in [2.75, 3.05) is 6.54 Å². The molecule has 20 heavy (non-hydrogen) atoms. The zero-order valence-corrected chi connectivity index (χ0v) is 11.6. The van der Waals surface area contributed by atoms with Crippen molar-refractivity contribution >= 4 is 0 Å². The molecule has 1 unspecified atom stereocenters. The second-order valence-electron chi connectivity index (χ2n) is 5.38. The van der Waals surface area contributed by atoms with Crippen LogP contribution in [0.25, 0.3) is 0 Å². The molecule has 1 saturated carbocycles. The zero-order chi connectivity index (χ0) is 14.8. The second-order valence-corrected chi connectivity index (χ2v) is 5.38. The van der Waals surface area contributed by atoms with E-state index in [1.54, 1.807) is 6.07 Å². The van der Waals surface area contributed by atoms with E-state index >= 15 is 0 Å². The van der Waals surface area contributed by atoms with Gasteiger partial charge in [0.25, 0.3) is 0 Å². The largest absolute Gasteiger partial charge is 0.416 e. The third-order valence-corrected chi connectivity index (χ3v) is 3.73. The molecule has 1 aliphatic carbocycles. The van der Waals surface area contributed by atoms with Crippen molar-refractivity contribution in [2.45, 2.75) is 44.9 Å². The van der Waals surface area contributed by atoms with Gasteiger partial charge in [-0.25, -0.2) is 0 Å². The quantitative estimate of drug-likeness (QED) is 0.838. The molecule has 0 amide bonds. The molecule has 1 aromatic rings. The molecule has 1 aliphatic rings. The van der Waals surface area contributed by atoms with Gasteiger partial charge in [-0.15, -0.1) is 0 Å². The Labute approximate surface area is 117 Å². The third kappa shape index (κ3) is 3.52. The Morgan fingerprint density at radius 3 is 2.55 bits per heavy atom. The van der Waals surface area contributed by atoms with Crippen LogP contribution in [0.4, 0.5) is 13.2 Å². The maximum absolute atomic E-state index is 12.8. The average molecular weight is 286 g/mol. The van der Waals surface area contributed by atoms with E-state index in [0.717, 1.165) is 37.4 Å². The van der Waals surface area contributed by atoms with Crippen LogP contribution in [0.3, 0.4) is 0 Å². The molecule has 0 heterocycles. The van der Waals surface area contributed by atoms with E-state index in [-0.39, 0.29) is 12.6 Å². The Bertz CT molecular complexity index is 453. The molecule has 1 fully saturated rings. The Hall–Kier alpha value is -1.07. The summed E-state index contributed by atoms with van der Waals surface area (Å²) < 4.78 is 38.3. The van der Waals surface area contributed by atoms with E-state index < -0.39 is 11.7 Å². The third-order valence-electron chi connectivity index (χ3n) is 3.73. The van der Waals surface area contributed by atoms with Gasteiger partial charge in [0.15, 0.2) is 0 Å². The summed E-state index contributed by atoms with van der Waals surface area (Å²) in [5.41, 5.74) is 6.56. The summed E-state index contributed by atoms with van der Waals surface area (Å²) in [6.45, 7) is 3.08. The molecule has 0 aliphatic heterocycles. The van der Waals surface area contributed by atoms with E-state index in [9.17, 15) is 13.2 Å². The lowest BCUT2D eigenvalue weighted by Crippen LogP contribution is -2.25. The normalized spacial score (nSPS) is 17.2. The van der Waals surface area contributed by atoms with Crippen LogP contribution in [0.2, 0.25) is 0 Å². The molecule has 0 spiro atoms. The number of benzene rings is 1. The summed E-state index contributed by atoms with van der Waals surface area (Å²) in [4.78, 5) is 0. The van der Waals surface area contributed by atoms with Crippen molar-refractivity contribution < 1.29 is 13.2 Å². The molecule has 0 saturated heterocycles. The standard InChI is InChI=1S/C15H21F3N2/c1-2-7-20-14(10-3-4-10)13-6-5-12(15(16,17)18)8-11(13)9-19/h5-6,8,10,14,20H,2-4,7,9,19H2,1H3. The van der Waals surface area contributed by atoms with Gasteiger partial charge < -0.3 is 11.1 Å². The van der Waals surface area contributed by atoms with Crippen LogP contribution in [0.15, 0.2) is 18.2 Å². The van der Waals surface area contributed by atoms with Crippen molar-refractivity contribution in [3.05, 3.63) is 34.9 Å². The molecule has 112 valence electrons. The lowest BCUT2D eigenvalue weighted by Gasteiger charge is -2.22. The number of nitrogens with two attached hydrogens (primary N) is 1. The van der Waals surface area contributed by atoms with Gasteiger partial charge in [0.05, 0.1) is 5.56 Å². The molecule has 2 nitrogen and oxygen atoms in total. The maximum atomic E-state index is 12.8. The number of alkyl halides is 3. The summed E-state index contributed by atoms with van der Waals surface area (Å²) in [5.74, 6) is 0.531. The number of hydrogen-bond donors (Lipinski definition) is 2. The SMILES string of the molecule is CCCNC(c1ccc(C(F)(F)F)cc1CN)C1CC1. The number of halogens is 3. The minimum atomic E-state index is -4.31. The molecule has 5 heteroatoms. The van der Waals surface area contributed by atoms with Gasteiger partial charge in [-0.1, -0.05) is 13.0 Å². The van der Waals surface area contributed by atoms with Gasteiger partial charge in [-0.2, -0.15) is 13.2 Å². The lowest BCUT2D eigenvalue weighted by atomic mass is 9.94. The highest BCUT2D eigenvalue weighted by Gasteiger charge is 2.35. The molecule has 3 N–H and O–H groups in total. The predicted octanol–water partition coefficient (Wildman–Crippen LogP) is 3.61. The number of rotatable bonds is 6. The predicted molar refractivity (Wildman–Crippen MR) is 73.1 cm³/mol. The lowest BCUT2D eigenvalue weighted by molar-refractivity contribution is -0.137. The first kappa shape index (κ1) is 15.3. The molecular weight excluding hydrogens is 265 g/mol. The van der Waals surface area contributed by atoms with Crippen molar-refractivity contribution in [3.8, 4) is 0 Å². The van der Waals surface area contributed by atoms with Gasteiger partial charge in [0.1, 0.15) is 0 Å². The fourth-order valence-electron chi connectivity index (χ4n) is 2.52. The molecule has 1 aromatic carbocycles. The van der Waals surface area contributed by atoms with Crippen LogP contribution in [-0.4, -0.2) is 6.54 Å². The molecule has 2 rings (SSSR count). The molecule has 0 aromatic heterocycles. The van der Waals surface area contributed by atoms with Gasteiger partial charge in [-0.3, -0.25) is 0 Å². The number of nitrogens with one attached hydrogen (secondary N) is 1. The van der Waals surface area contributed by atoms with E-state index in [2.05, 4.69) is 12.2 Å². The van der Waals surface area contributed by atoms with Crippen LogP contribution in [-0.2, 0) is 12.7 Å². The summed E-state index contributed by atoms with van der Waals surface area (Å²) in [7, 11) is 0. The highest BCUT2D eigenvalue weighted by molar-refractivity contribution is 5.36. The van der Waals surface area contributed by atoms with Gasteiger partial charge in [-0.05, 0) is 55.0 Å². The van der Waals surface area contributed by atoms with Crippen LogP contribution in [0.1, 0.15) is 48.9 Å². The number of hydrogen-bond acceptors (Lipinski definition) is 2. The van der Waals surface area contributed by atoms with Crippen molar-refractivity contribution in [1.29, 1.82) is 0 Å². The minimum Gasteiger partial charge on any atom is -0.326 e.